The van der Waals surface area contributed by atoms with Crippen LogP contribution in [-0.2, 0) is 9.53 Å². The lowest BCUT2D eigenvalue weighted by atomic mass is 10.3. The highest BCUT2D eigenvalue weighted by Gasteiger charge is 2.08. The topological polar surface area (TPSA) is 47.6 Å². The number of halogens is 2. The van der Waals surface area contributed by atoms with Crippen LogP contribution < -0.4 is 10.1 Å². The van der Waals surface area contributed by atoms with E-state index in [1.54, 1.807) is 7.11 Å². The third-order valence-corrected chi connectivity index (χ3v) is 3.14. The first kappa shape index (κ1) is 14.5. The van der Waals surface area contributed by atoms with Crippen LogP contribution >= 0.6 is 31.9 Å². The number of amides is 1. The van der Waals surface area contributed by atoms with E-state index in [9.17, 15) is 4.79 Å². The number of hydrogen-bond donors (Lipinski definition) is 1. The lowest BCUT2D eigenvalue weighted by Crippen LogP contribution is -2.31. The van der Waals surface area contributed by atoms with Crippen molar-refractivity contribution < 1.29 is 14.3 Å². The number of nitrogens with one attached hydrogen (secondary N) is 1. The Morgan fingerprint density at radius 2 is 2.00 bits per heavy atom. The Kier molecular flexibility index (Phi) is 6.54. The van der Waals surface area contributed by atoms with Crippen molar-refractivity contribution in [3.63, 3.8) is 0 Å². The van der Waals surface area contributed by atoms with Crippen LogP contribution in [-0.4, -0.2) is 32.8 Å². The van der Waals surface area contributed by atoms with Crippen molar-refractivity contribution in [1.82, 2.24) is 5.32 Å². The maximum atomic E-state index is 11.4. The zero-order valence-corrected chi connectivity index (χ0v) is 12.5. The molecule has 1 aromatic carbocycles. The van der Waals surface area contributed by atoms with Gasteiger partial charge in [-0.1, -0.05) is 6.07 Å². The van der Waals surface area contributed by atoms with Crippen molar-refractivity contribution >= 4 is 37.8 Å². The van der Waals surface area contributed by atoms with Gasteiger partial charge in [-0.2, -0.15) is 0 Å². The van der Waals surface area contributed by atoms with Crippen molar-refractivity contribution in [2.75, 3.05) is 26.9 Å². The molecule has 1 aromatic rings. The number of carbonyl (C=O) groups is 1. The maximum absolute atomic E-state index is 11.4. The van der Waals surface area contributed by atoms with E-state index in [1.165, 1.54) is 0 Å². The van der Waals surface area contributed by atoms with Gasteiger partial charge in [0, 0.05) is 13.7 Å². The molecule has 17 heavy (non-hydrogen) atoms. The molecule has 0 aliphatic heterocycles. The molecule has 4 nitrogen and oxygen atoms in total. The Bertz CT molecular complexity index is 365. The molecular weight excluding hydrogens is 354 g/mol. The zero-order chi connectivity index (χ0) is 12.7. The molecule has 0 radical (unpaired) electrons. The lowest BCUT2D eigenvalue weighted by Gasteiger charge is -2.10. The number of ether oxygens (including phenoxy) is 2. The van der Waals surface area contributed by atoms with Crippen LogP contribution in [0.15, 0.2) is 27.1 Å². The summed E-state index contributed by atoms with van der Waals surface area (Å²) < 4.78 is 11.8. The quantitative estimate of drug-likeness (QED) is 0.786. The fourth-order valence-corrected chi connectivity index (χ4v) is 2.33. The Morgan fingerprint density at radius 1 is 1.35 bits per heavy atom. The molecule has 0 saturated carbocycles. The number of rotatable bonds is 6. The number of benzene rings is 1. The van der Waals surface area contributed by atoms with Crippen molar-refractivity contribution in [1.29, 1.82) is 0 Å². The van der Waals surface area contributed by atoms with Crippen LogP contribution in [0, 0.1) is 0 Å². The first-order valence-corrected chi connectivity index (χ1v) is 6.56. The molecule has 0 saturated heterocycles. The molecule has 94 valence electrons. The van der Waals surface area contributed by atoms with E-state index in [0.29, 0.717) is 18.9 Å². The van der Waals surface area contributed by atoms with Gasteiger partial charge >= 0.3 is 0 Å². The zero-order valence-electron chi connectivity index (χ0n) is 9.33. The van der Waals surface area contributed by atoms with Crippen LogP contribution in [0.2, 0.25) is 0 Å². The van der Waals surface area contributed by atoms with E-state index in [2.05, 4.69) is 37.2 Å². The summed E-state index contributed by atoms with van der Waals surface area (Å²) in [6.45, 7) is 0.950. The van der Waals surface area contributed by atoms with E-state index < -0.39 is 0 Å². The fraction of sp³-hybridized carbons (Fsp3) is 0.364. The number of hydrogen-bond acceptors (Lipinski definition) is 3. The van der Waals surface area contributed by atoms with Gasteiger partial charge in [0.15, 0.2) is 6.61 Å². The molecule has 0 atom stereocenters. The van der Waals surface area contributed by atoms with Gasteiger partial charge < -0.3 is 14.8 Å². The molecule has 6 heteroatoms. The van der Waals surface area contributed by atoms with Crippen LogP contribution in [0.25, 0.3) is 0 Å². The average molecular weight is 367 g/mol. The molecule has 1 rings (SSSR count). The minimum atomic E-state index is -0.176. The molecule has 0 bridgehead atoms. The summed E-state index contributed by atoms with van der Waals surface area (Å²) in [6.07, 6.45) is 0. The van der Waals surface area contributed by atoms with E-state index in [-0.39, 0.29) is 12.5 Å². The van der Waals surface area contributed by atoms with Gasteiger partial charge in [0.2, 0.25) is 0 Å². The van der Waals surface area contributed by atoms with Crippen molar-refractivity contribution in [2.24, 2.45) is 0 Å². The second kappa shape index (κ2) is 7.68. The second-order valence-corrected chi connectivity index (χ2v) is 4.89. The summed E-state index contributed by atoms with van der Waals surface area (Å²) in [6, 6.07) is 5.57. The van der Waals surface area contributed by atoms with Crippen molar-refractivity contribution in [3.8, 4) is 5.75 Å². The summed E-state index contributed by atoms with van der Waals surface area (Å²) in [7, 11) is 1.58. The molecule has 0 heterocycles. The molecule has 0 unspecified atom stereocenters. The van der Waals surface area contributed by atoms with Crippen LogP contribution in [0.4, 0.5) is 0 Å². The lowest BCUT2D eigenvalue weighted by molar-refractivity contribution is -0.123. The molecule has 0 aliphatic rings. The Morgan fingerprint density at radius 3 is 2.59 bits per heavy atom. The first-order valence-electron chi connectivity index (χ1n) is 4.97. The van der Waals surface area contributed by atoms with Gasteiger partial charge in [0.25, 0.3) is 5.91 Å². The summed E-state index contributed by atoms with van der Waals surface area (Å²) >= 11 is 6.71. The third kappa shape index (κ3) is 5.06. The highest BCUT2D eigenvalue weighted by molar-refractivity contribution is 9.11. The van der Waals surface area contributed by atoms with Gasteiger partial charge in [-0.3, -0.25) is 4.79 Å². The van der Waals surface area contributed by atoms with Gasteiger partial charge in [-0.25, -0.2) is 0 Å². The largest absolute Gasteiger partial charge is 0.481 e. The van der Waals surface area contributed by atoms with E-state index in [0.717, 1.165) is 8.95 Å². The van der Waals surface area contributed by atoms with Gasteiger partial charge in [-0.15, -0.1) is 0 Å². The van der Waals surface area contributed by atoms with Crippen LogP contribution in [0.1, 0.15) is 0 Å². The fourth-order valence-electron chi connectivity index (χ4n) is 1.10. The van der Waals surface area contributed by atoms with Gasteiger partial charge in [0.05, 0.1) is 15.6 Å². The van der Waals surface area contributed by atoms with E-state index >= 15 is 0 Å². The van der Waals surface area contributed by atoms with Crippen molar-refractivity contribution in [2.45, 2.75) is 0 Å². The molecular formula is C11H13Br2NO3. The predicted molar refractivity (Wildman–Crippen MR) is 72.2 cm³/mol. The Labute approximate surface area is 117 Å². The molecule has 0 spiro atoms. The SMILES string of the molecule is COCCNC(=O)COc1c(Br)cccc1Br. The summed E-state index contributed by atoms with van der Waals surface area (Å²) in [5.74, 6) is 0.444. The predicted octanol–water partition coefficient (Wildman–Crippen LogP) is 2.35. The normalized spacial score (nSPS) is 10.1. The van der Waals surface area contributed by atoms with Crippen LogP contribution in [0.3, 0.4) is 0 Å². The number of methoxy groups -OCH3 is 1. The van der Waals surface area contributed by atoms with Crippen molar-refractivity contribution in [3.05, 3.63) is 27.1 Å². The summed E-state index contributed by atoms with van der Waals surface area (Å²) in [5, 5.41) is 2.67. The molecule has 1 amide bonds. The van der Waals surface area contributed by atoms with Gasteiger partial charge in [-0.05, 0) is 44.0 Å². The summed E-state index contributed by atoms with van der Waals surface area (Å²) in [5.41, 5.74) is 0. The minimum absolute atomic E-state index is 0.0229. The molecule has 1 N–H and O–H groups in total. The number of carbonyl (C=O) groups excluding carboxylic acids is 1. The summed E-state index contributed by atoms with van der Waals surface area (Å²) in [4.78, 5) is 11.4. The smallest absolute Gasteiger partial charge is 0.258 e. The molecule has 0 fully saturated rings. The minimum Gasteiger partial charge on any atom is -0.481 e. The van der Waals surface area contributed by atoms with Crippen LogP contribution in [0.5, 0.6) is 5.75 Å². The standard InChI is InChI=1S/C11H13Br2NO3/c1-16-6-5-14-10(15)7-17-11-8(12)3-2-4-9(11)13/h2-4H,5-7H2,1H3,(H,14,15). The molecule has 0 aliphatic carbocycles. The highest BCUT2D eigenvalue weighted by Crippen LogP contribution is 2.32. The molecule has 0 aromatic heterocycles. The van der Waals surface area contributed by atoms with Gasteiger partial charge in [0.1, 0.15) is 5.75 Å². The second-order valence-electron chi connectivity index (χ2n) is 3.18. The Hall–Kier alpha value is -0.590. The maximum Gasteiger partial charge on any atom is 0.258 e. The highest BCUT2D eigenvalue weighted by atomic mass is 79.9. The van der Waals surface area contributed by atoms with E-state index in [4.69, 9.17) is 9.47 Å². The Balaban J connectivity index is 2.42. The van der Waals surface area contributed by atoms with E-state index in [1.807, 2.05) is 18.2 Å². The number of para-hydroxylation sites is 1. The average Bonchev–Trinajstić information content (AvgIpc) is 2.29. The monoisotopic (exact) mass is 365 g/mol. The third-order valence-electron chi connectivity index (χ3n) is 1.89. The first-order chi connectivity index (χ1) is 8.15.